The van der Waals surface area contributed by atoms with Crippen LogP contribution >= 0.6 is 11.6 Å². The molecule has 1 fully saturated rings. The maximum absolute atomic E-state index is 14.5. The number of anilines is 1. The van der Waals surface area contributed by atoms with Crippen molar-refractivity contribution in [3.8, 4) is 16.8 Å². The van der Waals surface area contributed by atoms with E-state index in [1.165, 1.54) is 23.1 Å². The summed E-state index contributed by atoms with van der Waals surface area (Å²) < 4.78 is 31.9. The molecule has 0 spiro atoms. The monoisotopic (exact) mass is 517 g/mol. The fraction of sp³-hybridized carbons (Fsp3) is 0.192. The van der Waals surface area contributed by atoms with Gasteiger partial charge in [-0.25, -0.2) is 8.78 Å². The third-order valence-electron chi connectivity index (χ3n) is 7.42. The van der Waals surface area contributed by atoms with Gasteiger partial charge in [-0.2, -0.15) is 4.68 Å². The summed E-state index contributed by atoms with van der Waals surface area (Å²) in [4.78, 5) is 18.1. The second kappa shape index (κ2) is 7.91. The van der Waals surface area contributed by atoms with Gasteiger partial charge < -0.3 is 10.3 Å². The number of aromatic nitrogens is 5. The first kappa shape index (κ1) is 22.1. The quantitative estimate of drug-likeness (QED) is 0.400. The van der Waals surface area contributed by atoms with Crippen molar-refractivity contribution in [3.63, 3.8) is 0 Å². The van der Waals surface area contributed by atoms with E-state index in [4.69, 9.17) is 17.3 Å². The number of pyridine rings is 1. The minimum absolute atomic E-state index is 0.134. The second-order valence-electron chi connectivity index (χ2n) is 9.53. The third-order valence-corrected chi connectivity index (χ3v) is 7.66. The highest BCUT2D eigenvalue weighted by Crippen LogP contribution is 2.60. The molecule has 4 heterocycles. The highest BCUT2D eigenvalue weighted by molar-refractivity contribution is 6.31. The van der Waals surface area contributed by atoms with Crippen LogP contribution in [0.25, 0.3) is 22.4 Å². The van der Waals surface area contributed by atoms with Crippen LogP contribution in [-0.4, -0.2) is 30.5 Å². The highest BCUT2D eigenvalue weighted by atomic mass is 35.5. The van der Waals surface area contributed by atoms with E-state index >= 15 is 0 Å². The van der Waals surface area contributed by atoms with Crippen LogP contribution in [0.1, 0.15) is 36.1 Å². The van der Waals surface area contributed by atoms with E-state index in [0.717, 1.165) is 29.0 Å². The fourth-order valence-corrected chi connectivity index (χ4v) is 5.82. The first-order valence-corrected chi connectivity index (χ1v) is 12.1. The molecule has 0 unspecified atom stereocenters. The number of hydrogen-bond donors (Lipinski definition) is 1. The summed E-state index contributed by atoms with van der Waals surface area (Å²) in [7, 11) is 0. The lowest BCUT2D eigenvalue weighted by Crippen LogP contribution is -2.29. The van der Waals surface area contributed by atoms with E-state index in [1.807, 2.05) is 6.07 Å². The van der Waals surface area contributed by atoms with Crippen LogP contribution in [0.4, 0.5) is 14.5 Å². The van der Waals surface area contributed by atoms with E-state index in [9.17, 15) is 13.6 Å². The average molecular weight is 518 g/mol. The van der Waals surface area contributed by atoms with Gasteiger partial charge >= 0.3 is 0 Å². The summed E-state index contributed by atoms with van der Waals surface area (Å²) >= 11 is 6.30. The summed E-state index contributed by atoms with van der Waals surface area (Å²) in [5.41, 5.74) is 9.65. The molecule has 1 aliphatic carbocycles. The SMILES string of the molecule is Nc1ccc(C2=CN=C([C@@H]3[C@H]4C[C@H]4c4cc(-c5cc(Cl)ccc5-n5cnnn5)cc(=O)n43)C2)c(F)c1F. The lowest BCUT2D eigenvalue weighted by Gasteiger charge is -2.20. The Morgan fingerprint density at radius 2 is 1.92 bits per heavy atom. The number of allylic oxidation sites excluding steroid dienone is 1. The van der Waals surface area contributed by atoms with Gasteiger partial charge in [0, 0.05) is 52.2 Å². The van der Waals surface area contributed by atoms with Crippen LogP contribution < -0.4 is 11.3 Å². The van der Waals surface area contributed by atoms with E-state index in [-0.39, 0.29) is 34.7 Å². The topological polar surface area (TPSA) is 104 Å². The summed E-state index contributed by atoms with van der Waals surface area (Å²) in [5, 5.41) is 11.9. The van der Waals surface area contributed by atoms with Crippen molar-refractivity contribution in [1.29, 1.82) is 0 Å². The van der Waals surface area contributed by atoms with E-state index in [1.54, 1.807) is 35.0 Å². The molecule has 0 bridgehead atoms. The van der Waals surface area contributed by atoms with Gasteiger partial charge in [-0.1, -0.05) is 11.6 Å². The number of benzene rings is 2. The molecule has 2 aliphatic heterocycles. The van der Waals surface area contributed by atoms with Crippen LogP contribution in [0.5, 0.6) is 0 Å². The molecule has 184 valence electrons. The van der Waals surface area contributed by atoms with Crippen molar-refractivity contribution in [2.24, 2.45) is 10.9 Å². The van der Waals surface area contributed by atoms with Crippen LogP contribution in [0.2, 0.25) is 5.02 Å². The molecule has 3 aliphatic rings. The van der Waals surface area contributed by atoms with E-state index < -0.39 is 11.6 Å². The van der Waals surface area contributed by atoms with E-state index in [0.29, 0.717) is 22.7 Å². The van der Waals surface area contributed by atoms with Crippen LogP contribution in [0.15, 0.2) is 64.8 Å². The standard InChI is InChI=1S/C26H18ClF2N7O/c27-14-1-4-21(35-11-32-33-34-35)16(8-14)12-6-22-17-9-18(17)26(36(22)23(37)7-12)20-5-13(10-31-20)15-2-3-19(30)25(29)24(15)28/h1-4,6-8,10-11,17-18,26H,5,9,30H2/t17-,18+,26+/m1/s1. The normalized spacial score (nSPS) is 21.4. The van der Waals surface area contributed by atoms with Crippen LogP contribution in [0.3, 0.4) is 0 Å². The molecule has 8 nitrogen and oxygen atoms in total. The van der Waals surface area contributed by atoms with Gasteiger partial charge in [0.15, 0.2) is 11.6 Å². The van der Waals surface area contributed by atoms with Crippen molar-refractivity contribution in [3.05, 3.63) is 93.3 Å². The van der Waals surface area contributed by atoms with Gasteiger partial charge in [0.1, 0.15) is 6.33 Å². The van der Waals surface area contributed by atoms with Crippen LogP contribution in [-0.2, 0) is 0 Å². The predicted octanol–water partition coefficient (Wildman–Crippen LogP) is 4.55. The summed E-state index contributed by atoms with van der Waals surface area (Å²) in [6.07, 6.45) is 4.31. The Morgan fingerprint density at radius 3 is 2.73 bits per heavy atom. The maximum atomic E-state index is 14.5. The molecule has 0 amide bonds. The average Bonchev–Trinajstić information content (AvgIpc) is 3.23. The molecule has 3 atom stereocenters. The van der Waals surface area contributed by atoms with Crippen molar-refractivity contribution in [2.75, 3.05) is 5.73 Å². The molecule has 37 heavy (non-hydrogen) atoms. The van der Waals surface area contributed by atoms with Crippen LogP contribution in [0, 0.1) is 17.6 Å². The molecule has 2 N–H and O–H groups in total. The largest absolute Gasteiger partial charge is 0.396 e. The minimum atomic E-state index is -1.06. The lowest BCUT2D eigenvalue weighted by molar-refractivity contribution is 0.509. The second-order valence-corrected chi connectivity index (χ2v) is 9.96. The lowest BCUT2D eigenvalue weighted by atomic mass is 9.97. The summed E-state index contributed by atoms with van der Waals surface area (Å²) in [5.74, 6) is -1.58. The molecule has 2 aromatic heterocycles. The Kier molecular flexibility index (Phi) is 4.71. The Bertz CT molecular complexity index is 1730. The van der Waals surface area contributed by atoms with Gasteiger partial charge in [0.05, 0.1) is 17.4 Å². The van der Waals surface area contributed by atoms with Crippen molar-refractivity contribution >= 4 is 28.6 Å². The number of nitrogens with two attached hydrogens (primary N) is 1. The molecular weight excluding hydrogens is 500 g/mol. The molecule has 0 saturated heterocycles. The zero-order chi connectivity index (χ0) is 25.4. The predicted molar refractivity (Wildman–Crippen MR) is 135 cm³/mol. The Balaban J connectivity index is 1.25. The molecule has 7 rings (SSSR count). The number of nitrogen functional groups attached to an aromatic ring is 1. The molecule has 0 radical (unpaired) electrons. The van der Waals surface area contributed by atoms with Gasteiger partial charge in [0.25, 0.3) is 5.56 Å². The number of nitrogens with zero attached hydrogens (tertiary/aromatic N) is 6. The number of halogens is 3. The zero-order valence-corrected chi connectivity index (χ0v) is 19.9. The summed E-state index contributed by atoms with van der Waals surface area (Å²) in [6.45, 7) is 0. The smallest absolute Gasteiger partial charge is 0.251 e. The number of hydrogen-bond acceptors (Lipinski definition) is 6. The minimum Gasteiger partial charge on any atom is -0.396 e. The Hall–Kier alpha value is -4.18. The van der Waals surface area contributed by atoms with Gasteiger partial charge in [-0.05, 0) is 70.3 Å². The van der Waals surface area contributed by atoms with Gasteiger partial charge in [-0.3, -0.25) is 9.79 Å². The van der Waals surface area contributed by atoms with Crippen molar-refractivity contribution in [2.45, 2.75) is 24.8 Å². The first-order valence-electron chi connectivity index (χ1n) is 11.7. The highest BCUT2D eigenvalue weighted by Gasteiger charge is 2.54. The number of rotatable bonds is 4. The molecule has 4 aromatic rings. The number of tetrazole rings is 1. The Labute approximate surface area is 213 Å². The third kappa shape index (κ3) is 3.36. The van der Waals surface area contributed by atoms with Gasteiger partial charge in [-0.15, -0.1) is 5.10 Å². The molecular formula is C26H18ClF2N7O. The van der Waals surface area contributed by atoms with Crippen molar-refractivity contribution in [1.82, 2.24) is 24.8 Å². The molecule has 1 saturated carbocycles. The first-order chi connectivity index (χ1) is 17.9. The van der Waals surface area contributed by atoms with E-state index in [2.05, 4.69) is 20.5 Å². The van der Waals surface area contributed by atoms with Gasteiger partial charge in [0.2, 0.25) is 0 Å². The maximum Gasteiger partial charge on any atom is 0.251 e. The zero-order valence-electron chi connectivity index (χ0n) is 19.1. The summed E-state index contributed by atoms with van der Waals surface area (Å²) in [6, 6.07) is 11.5. The Morgan fingerprint density at radius 1 is 1.05 bits per heavy atom. The fourth-order valence-electron chi connectivity index (χ4n) is 5.65. The number of aliphatic imine (C=N–C) groups is 1. The van der Waals surface area contributed by atoms with Crippen molar-refractivity contribution < 1.29 is 8.78 Å². The number of fused-ring (bicyclic) bond motifs is 3. The molecule has 2 aromatic carbocycles. The molecule has 11 heteroatoms.